The van der Waals surface area contributed by atoms with Gasteiger partial charge in [0, 0.05) is 18.9 Å². The summed E-state index contributed by atoms with van der Waals surface area (Å²) in [6, 6.07) is 16.1. The van der Waals surface area contributed by atoms with Crippen molar-refractivity contribution in [1.29, 1.82) is 0 Å². The van der Waals surface area contributed by atoms with E-state index < -0.39 is 10.0 Å². The van der Waals surface area contributed by atoms with Crippen molar-refractivity contribution in [3.8, 4) is 0 Å². The molecule has 0 aliphatic carbocycles. The molecule has 3 aromatic rings. The third-order valence-electron chi connectivity index (χ3n) is 4.96. The van der Waals surface area contributed by atoms with E-state index in [1.807, 2.05) is 37.3 Å². The third-order valence-corrected chi connectivity index (χ3v) is 6.39. The average molecular weight is 401 g/mol. The maximum atomic E-state index is 12.6. The van der Waals surface area contributed by atoms with E-state index in [1.165, 1.54) is 7.05 Å². The van der Waals surface area contributed by atoms with Crippen LogP contribution in [-0.2, 0) is 21.2 Å². The lowest BCUT2D eigenvalue weighted by atomic mass is 10.1. The van der Waals surface area contributed by atoms with Crippen molar-refractivity contribution in [2.45, 2.75) is 30.7 Å². The molecule has 0 radical (unpaired) electrons. The van der Waals surface area contributed by atoms with Crippen LogP contribution in [0.5, 0.6) is 0 Å². The predicted molar refractivity (Wildman–Crippen MR) is 108 cm³/mol. The highest BCUT2D eigenvalue weighted by molar-refractivity contribution is 7.89. The van der Waals surface area contributed by atoms with E-state index in [0.29, 0.717) is 12.8 Å². The molecule has 7 heteroatoms. The molecule has 1 unspecified atom stereocenters. The summed E-state index contributed by atoms with van der Waals surface area (Å²) in [4.78, 5) is 14.5. The molecule has 148 valence electrons. The van der Waals surface area contributed by atoms with Gasteiger partial charge in [-0.1, -0.05) is 30.3 Å². The molecule has 0 aliphatic heterocycles. The van der Waals surface area contributed by atoms with Crippen LogP contribution in [0.3, 0.4) is 0 Å². The Balaban J connectivity index is 1.62. The molecule has 0 fully saturated rings. The highest BCUT2D eigenvalue weighted by Crippen LogP contribution is 2.27. The molecule has 0 aliphatic rings. The number of carbonyl (C=O) groups is 1. The Morgan fingerprint density at radius 1 is 1.14 bits per heavy atom. The van der Waals surface area contributed by atoms with E-state index >= 15 is 0 Å². The molecule has 0 saturated carbocycles. The summed E-state index contributed by atoms with van der Waals surface area (Å²) >= 11 is 0. The Labute approximate surface area is 165 Å². The Morgan fingerprint density at radius 2 is 1.82 bits per heavy atom. The van der Waals surface area contributed by atoms with Crippen LogP contribution in [-0.4, -0.2) is 33.3 Å². The maximum absolute atomic E-state index is 12.6. The normalized spacial score (nSPS) is 12.8. The molecule has 1 heterocycles. The molecule has 0 bridgehead atoms. The summed E-state index contributed by atoms with van der Waals surface area (Å²) in [7, 11) is -0.306. The fraction of sp³-hybridized carbons (Fsp3) is 0.286. The molecule has 1 N–H and O–H groups in total. The molecule has 2 aromatic carbocycles. The first-order valence-electron chi connectivity index (χ1n) is 9.08. The maximum Gasteiger partial charge on any atom is 0.240 e. The number of nitrogens with zero attached hydrogens (tertiary/aromatic N) is 1. The van der Waals surface area contributed by atoms with Gasteiger partial charge in [0.2, 0.25) is 15.9 Å². The van der Waals surface area contributed by atoms with Crippen molar-refractivity contribution in [2.75, 3.05) is 14.1 Å². The number of benzene rings is 2. The Hall–Kier alpha value is -2.64. The van der Waals surface area contributed by atoms with E-state index in [1.54, 1.807) is 36.2 Å². The van der Waals surface area contributed by atoms with Crippen LogP contribution in [0.15, 0.2) is 63.9 Å². The summed E-state index contributed by atoms with van der Waals surface area (Å²) in [6.45, 7) is 1.94. The number of aryl methyl sites for hydroxylation is 1. The van der Waals surface area contributed by atoms with Gasteiger partial charge in [0.15, 0.2) is 0 Å². The van der Waals surface area contributed by atoms with E-state index in [2.05, 4.69) is 4.72 Å². The van der Waals surface area contributed by atoms with Crippen molar-refractivity contribution < 1.29 is 17.6 Å². The smallest absolute Gasteiger partial charge is 0.240 e. The Morgan fingerprint density at radius 3 is 2.46 bits per heavy atom. The second-order valence-electron chi connectivity index (χ2n) is 6.72. The number of nitrogens with one attached hydrogen (secondary N) is 1. The number of sulfonamides is 1. The van der Waals surface area contributed by atoms with Crippen LogP contribution in [0.2, 0.25) is 0 Å². The molecular formula is C21H24N2O4S. The molecule has 0 saturated heterocycles. The minimum Gasteiger partial charge on any atom is -0.459 e. The van der Waals surface area contributed by atoms with Crippen molar-refractivity contribution in [3.05, 3.63) is 65.9 Å². The van der Waals surface area contributed by atoms with Crippen LogP contribution >= 0.6 is 0 Å². The van der Waals surface area contributed by atoms with Crippen molar-refractivity contribution in [1.82, 2.24) is 9.62 Å². The van der Waals surface area contributed by atoms with Gasteiger partial charge in [-0.15, -0.1) is 0 Å². The predicted octanol–water partition coefficient (Wildman–Crippen LogP) is 3.49. The van der Waals surface area contributed by atoms with Gasteiger partial charge in [-0.3, -0.25) is 4.79 Å². The van der Waals surface area contributed by atoms with Crippen LogP contribution in [0.1, 0.15) is 30.7 Å². The standard InChI is InChI=1S/C21H24N2O4S/c1-15(20-14-17-6-4-5-7-19(17)27-20)23(3)21(24)13-10-16-8-11-18(12-9-16)28(25,26)22-2/h4-9,11-12,14-15,22H,10,13H2,1-3H3. The lowest BCUT2D eigenvalue weighted by Crippen LogP contribution is -2.29. The van der Waals surface area contributed by atoms with E-state index in [0.717, 1.165) is 22.3 Å². The van der Waals surface area contributed by atoms with Gasteiger partial charge >= 0.3 is 0 Å². The second kappa shape index (κ2) is 8.16. The zero-order valence-corrected chi connectivity index (χ0v) is 17.0. The Bertz CT molecular complexity index is 1040. The highest BCUT2D eigenvalue weighted by Gasteiger charge is 2.20. The van der Waals surface area contributed by atoms with Gasteiger partial charge in [-0.05, 0) is 50.2 Å². The lowest BCUT2D eigenvalue weighted by Gasteiger charge is -2.23. The van der Waals surface area contributed by atoms with Gasteiger partial charge in [0.1, 0.15) is 11.3 Å². The summed E-state index contributed by atoms with van der Waals surface area (Å²) in [5, 5.41) is 1.02. The molecule has 6 nitrogen and oxygen atoms in total. The summed E-state index contributed by atoms with van der Waals surface area (Å²) in [6.07, 6.45) is 0.870. The average Bonchev–Trinajstić information content (AvgIpc) is 3.15. The van der Waals surface area contributed by atoms with E-state index in [-0.39, 0.29) is 16.8 Å². The molecule has 3 rings (SSSR count). The van der Waals surface area contributed by atoms with E-state index in [9.17, 15) is 13.2 Å². The van der Waals surface area contributed by atoms with Gasteiger partial charge in [0.25, 0.3) is 0 Å². The number of para-hydroxylation sites is 1. The third kappa shape index (κ3) is 4.26. The zero-order chi connectivity index (χ0) is 20.3. The van der Waals surface area contributed by atoms with Crippen molar-refractivity contribution >= 4 is 26.9 Å². The van der Waals surface area contributed by atoms with Gasteiger partial charge < -0.3 is 9.32 Å². The second-order valence-corrected chi connectivity index (χ2v) is 8.61. The topological polar surface area (TPSA) is 79.6 Å². The zero-order valence-electron chi connectivity index (χ0n) is 16.2. The van der Waals surface area contributed by atoms with Gasteiger partial charge in [-0.2, -0.15) is 0 Å². The first kappa shape index (κ1) is 20.1. The minimum atomic E-state index is -3.45. The van der Waals surface area contributed by atoms with Crippen LogP contribution < -0.4 is 4.72 Å². The molecule has 1 aromatic heterocycles. The number of hydrogen-bond acceptors (Lipinski definition) is 4. The number of furan rings is 1. The molecule has 0 spiro atoms. The SMILES string of the molecule is CNS(=O)(=O)c1ccc(CCC(=O)N(C)C(C)c2cc3ccccc3o2)cc1. The van der Waals surface area contributed by atoms with E-state index in [4.69, 9.17) is 4.42 Å². The van der Waals surface area contributed by atoms with Gasteiger partial charge in [0.05, 0.1) is 10.9 Å². The first-order chi connectivity index (χ1) is 13.3. The summed E-state index contributed by atoms with van der Waals surface area (Å²) in [5.74, 6) is 0.749. The highest BCUT2D eigenvalue weighted by atomic mass is 32.2. The first-order valence-corrected chi connectivity index (χ1v) is 10.6. The molecule has 1 amide bonds. The van der Waals surface area contributed by atoms with Crippen LogP contribution in [0.25, 0.3) is 11.0 Å². The molecule has 28 heavy (non-hydrogen) atoms. The number of amides is 1. The van der Waals surface area contributed by atoms with Gasteiger partial charge in [-0.25, -0.2) is 13.1 Å². The fourth-order valence-corrected chi connectivity index (χ4v) is 3.73. The fourth-order valence-electron chi connectivity index (χ4n) is 3.00. The van der Waals surface area contributed by atoms with Crippen molar-refractivity contribution in [2.24, 2.45) is 0 Å². The number of rotatable bonds is 7. The number of fused-ring (bicyclic) bond motifs is 1. The monoisotopic (exact) mass is 400 g/mol. The molecule has 1 atom stereocenters. The summed E-state index contributed by atoms with van der Waals surface area (Å²) in [5.41, 5.74) is 1.72. The van der Waals surface area contributed by atoms with Crippen LogP contribution in [0.4, 0.5) is 0 Å². The molecular weight excluding hydrogens is 376 g/mol. The van der Waals surface area contributed by atoms with Crippen molar-refractivity contribution in [3.63, 3.8) is 0 Å². The minimum absolute atomic E-state index is 0.000112. The lowest BCUT2D eigenvalue weighted by molar-refractivity contribution is -0.132. The Kier molecular flexibility index (Phi) is 5.86. The summed E-state index contributed by atoms with van der Waals surface area (Å²) < 4.78 is 31.7. The quantitative estimate of drug-likeness (QED) is 0.658. The largest absolute Gasteiger partial charge is 0.459 e. The number of hydrogen-bond donors (Lipinski definition) is 1. The number of carbonyl (C=O) groups excluding carboxylic acids is 1. The van der Waals surface area contributed by atoms with Crippen LogP contribution in [0, 0.1) is 0 Å².